The van der Waals surface area contributed by atoms with E-state index in [4.69, 9.17) is 18.9 Å². The van der Waals surface area contributed by atoms with Gasteiger partial charge in [0.15, 0.2) is 23.0 Å². The van der Waals surface area contributed by atoms with Crippen LogP contribution in [0.3, 0.4) is 0 Å². The Morgan fingerprint density at radius 3 is 2.03 bits per heavy atom. The number of benzene rings is 2. The lowest BCUT2D eigenvalue weighted by atomic mass is 10.1. The molecule has 0 radical (unpaired) electrons. The third-order valence-corrected chi connectivity index (χ3v) is 4.33. The van der Waals surface area contributed by atoms with Crippen LogP contribution in [0, 0.1) is 0 Å². The van der Waals surface area contributed by atoms with Crippen molar-refractivity contribution in [3.05, 3.63) is 47.5 Å². The average Bonchev–Trinajstić information content (AvgIpc) is 2.75. The van der Waals surface area contributed by atoms with Crippen molar-refractivity contribution in [3.63, 3.8) is 0 Å². The molecule has 2 amide bonds. The highest BCUT2D eigenvalue weighted by molar-refractivity contribution is 6.00. The van der Waals surface area contributed by atoms with Crippen LogP contribution in [0.2, 0.25) is 0 Å². The van der Waals surface area contributed by atoms with E-state index in [2.05, 4.69) is 10.6 Å². The molecular weight excluding hydrogens is 376 g/mol. The molecule has 2 rings (SSSR count). The molecule has 2 aromatic carbocycles. The molecule has 0 aromatic heterocycles. The molecule has 0 aliphatic rings. The third kappa shape index (κ3) is 5.10. The Kier molecular flexibility index (Phi) is 7.70. The van der Waals surface area contributed by atoms with Crippen LogP contribution in [0.5, 0.6) is 23.0 Å². The number of methoxy groups -OCH3 is 4. The maximum Gasteiger partial charge on any atom is 0.255 e. The number of hydrogen-bond donors (Lipinski definition) is 2. The molecule has 0 spiro atoms. The lowest BCUT2D eigenvalue weighted by Crippen LogP contribution is -2.44. The summed E-state index contributed by atoms with van der Waals surface area (Å²) >= 11 is 0. The van der Waals surface area contributed by atoms with Gasteiger partial charge in [0.05, 0.1) is 34.0 Å². The molecule has 0 saturated carbocycles. The second-order valence-corrected chi connectivity index (χ2v) is 6.11. The van der Waals surface area contributed by atoms with E-state index in [1.807, 2.05) is 12.1 Å². The van der Waals surface area contributed by atoms with Gasteiger partial charge in [-0.15, -0.1) is 0 Å². The molecule has 8 heteroatoms. The van der Waals surface area contributed by atoms with E-state index in [1.165, 1.54) is 21.3 Å². The number of ether oxygens (including phenoxy) is 4. The summed E-state index contributed by atoms with van der Waals surface area (Å²) in [5.41, 5.74) is 1.04. The number of carbonyl (C=O) groups is 2. The highest BCUT2D eigenvalue weighted by Gasteiger charge is 2.21. The molecule has 0 aliphatic carbocycles. The van der Waals surface area contributed by atoms with Crippen molar-refractivity contribution in [3.8, 4) is 23.0 Å². The summed E-state index contributed by atoms with van der Waals surface area (Å²) in [6, 6.07) is 9.60. The van der Waals surface area contributed by atoms with Crippen LogP contribution in [0.1, 0.15) is 22.8 Å². The Labute approximate surface area is 170 Å². The summed E-state index contributed by atoms with van der Waals surface area (Å²) < 4.78 is 21.1. The van der Waals surface area contributed by atoms with Gasteiger partial charge >= 0.3 is 0 Å². The van der Waals surface area contributed by atoms with Gasteiger partial charge in [-0.3, -0.25) is 9.59 Å². The first-order chi connectivity index (χ1) is 14.0. The Morgan fingerprint density at radius 1 is 0.862 bits per heavy atom. The summed E-state index contributed by atoms with van der Waals surface area (Å²) in [5.74, 6) is 1.08. The van der Waals surface area contributed by atoms with Gasteiger partial charge in [0, 0.05) is 12.1 Å². The summed E-state index contributed by atoms with van der Waals surface area (Å²) in [6.07, 6.45) is 0. The van der Waals surface area contributed by atoms with E-state index in [1.54, 1.807) is 38.3 Å². The Hall–Kier alpha value is -3.42. The van der Waals surface area contributed by atoms with Crippen LogP contribution >= 0.6 is 0 Å². The summed E-state index contributed by atoms with van der Waals surface area (Å²) in [6.45, 7) is 1.82. The lowest BCUT2D eigenvalue weighted by molar-refractivity contribution is -0.122. The molecule has 0 heterocycles. The molecule has 0 unspecified atom stereocenters. The van der Waals surface area contributed by atoms with Crippen LogP contribution in [0.4, 0.5) is 0 Å². The summed E-state index contributed by atoms with van der Waals surface area (Å²) in [5, 5.41) is 5.45. The second-order valence-electron chi connectivity index (χ2n) is 6.11. The molecule has 2 N–H and O–H groups in total. The predicted molar refractivity (Wildman–Crippen MR) is 108 cm³/mol. The van der Waals surface area contributed by atoms with Crippen LogP contribution in [-0.4, -0.2) is 46.3 Å². The molecule has 0 saturated heterocycles. The summed E-state index contributed by atoms with van der Waals surface area (Å²) in [4.78, 5) is 25.1. The van der Waals surface area contributed by atoms with E-state index in [-0.39, 0.29) is 18.0 Å². The number of nitrogens with one attached hydrogen (secondary N) is 2. The zero-order chi connectivity index (χ0) is 21.4. The first-order valence-electron chi connectivity index (χ1n) is 8.96. The van der Waals surface area contributed by atoms with E-state index in [9.17, 15) is 9.59 Å². The fourth-order valence-corrected chi connectivity index (χ4v) is 2.83. The van der Waals surface area contributed by atoms with Crippen molar-refractivity contribution < 1.29 is 28.5 Å². The molecular formula is C21H26N2O6. The maximum absolute atomic E-state index is 12.6. The predicted octanol–water partition coefficient (Wildman–Crippen LogP) is 2.16. The number of carbonyl (C=O) groups excluding carboxylic acids is 2. The third-order valence-electron chi connectivity index (χ3n) is 4.33. The van der Waals surface area contributed by atoms with Crippen molar-refractivity contribution in [1.82, 2.24) is 10.6 Å². The maximum atomic E-state index is 12.6. The van der Waals surface area contributed by atoms with Crippen molar-refractivity contribution >= 4 is 11.8 Å². The highest BCUT2D eigenvalue weighted by atomic mass is 16.5. The number of amides is 2. The van der Waals surface area contributed by atoms with Crippen LogP contribution < -0.4 is 29.6 Å². The normalized spacial score (nSPS) is 11.2. The second kappa shape index (κ2) is 10.2. The van der Waals surface area contributed by atoms with Gasteiger partial charge in [-0.05, 0) is 25.1 Å². The van der Waals surface area contributed by atoms with Crippen molar-refractivity contribution in [1.29, 1.82) is 0 Å². The minimum Gasteiger partial charge on any atom is -0.493 e. The topological polar surface area (TPSA) is 95.1 Å². The van der Waals surface area contributed by atoms with Gasteiger partial charge in [0.1, 0.15) is 6.04 Å². The SMILES string of the molecule is COc1cccc(CNC(=O)[C@H](C)NC(=O)c2cccc(OC)c2OC)c1OC. The van der Waals surface area contributed by atoms with Crippen LogP contribution in [0.15, 0.2) is 36.4 Å². The molecule has 156 valence electrons. The fraction of sp³-hybridized carbons (Fsp3) is 0.333. The van der Waals surface area contributed by atoms with E-state index in [0.717, 1.165) is 5.56 Å². The van der Waals surface area contributed by atoms with Crippen molar-refractivity contribution in [2.45, 2.75) is 19.5 Å². The Morgan fingerprint density at radius 2 is 1.45 bits per heavy atom. The number of para-hydroxylation sites is 2. The fourth-order valence-electron chi connectivity index (χ4n) is 2.83. The molecule has 8 nitrogen and oxygen atoms in total. The smallest absolute Gasteiger partial charge is 0.255 e. The van der Waals surface area contributed by atoms with Gasteiger partial charge in [0.2, 0.25) is 5.91 Å². The largest absolute Gasteiger partial charge is 0.493 e. The molecule has 0 fully saturated rings. The monoisotopic (exact) mass is 402 g/mol. The number of rotatable bonds is 9. The average molecular weight is 402 g/mol. The minimum absolute atomic E-state index is 0.224. The van der Waals surface area contributed by atoms with Gasteiger partial charge < -0.3 is 29.6 Å². The number of hydrogen-bond acceptors (Lipinski definition) is 6. The first kappa shape index (κ1) is 21.9. The first-order valence-corrected chi connectivity index (χ1v) is 8.96. The van der Waals surface area contributed by atoms with Gasteiger partial charge in [-0.1, -0.05) is 18.2 Å². The Bertz CT molecular complexity index is 868. The van der Waals surface area contributed by atoms with E-state index in [0.29, 0.717) is 23.0 Å². The molecule has 0 bridgehead atoms. The van der Waals surface area contributed by atoms with Gasteiger partial charge in [-0.25, -0.2) is 0 Å². The standard InChI is InChI=1S/C21H26N2O6/c1-13(23-21(25)15-9-7-11-17(27-3)19(15)29-5)20(24)22-12-14-8-6-10-16(26-2)18(14)28-4/h6-11,13H,12H2,1-5H3,(H,22,24)(H,23,25)/t13-/m0/s1. The van der Waals surface area contributed by atoms with Crippen LogP contribution in [0.25, 0.3) is 0 Å². The zero-order valence-corrected chi connectivity index (χ0v) is 17.2. The van der Waals surface area contributed by atoms with Crippen LogP contribution in [-0.2, 0) is 11.3 Å². The van der Waals surface area contributed by atoms with Gasteiger partial charge in [0.25, 0.3) is 5.91 Å². The van der Waals surface area contributed by atoms with Gasteiger partial charge in [-0.2, -0.15) is 0 Å². The Balaban J connectivity index is 2.04. The molecule has 0 aliphatic heterocycles. The molecule has 1 atom stereocenters. The zero-order valence-electron chi connectivity index (χ0n) is 17.2. The van der Waals surface area contributed by atoms with E-state index >= 15 is 0 Å². The molecule has 29 heavy (non-hydrogen) atoms. The quantitative estimate of drug-likeness (QED) is 0.667. The van der Waals surface area contributed by atoms with Crippen molar-refractivity contribution in [2.24, 2.45) is 0 Å². The minimum atomic E-state index is -0.769. The lowest BCUT2D eigenvalue weighted by Gasteiger charge is -2.17. The van der Waals surface area contributed by atoms with Crippen molar-refractivity contribution in [2.75, 3.05) is 28.4 Å². The van der Waals surface area contributed by atoms with E-state index < -0.39 is 11.9 Å². The summed E-state index contributed by atoms with van der Waals surface area (Å²) in [7, 11) is 6.02. The highest BCUT2D eigenvalue weighted by Crippen LogP contribution is 2.31. The molecule has 2 aromatic rings.